The fourth-order valence-corrected chi connectivity index (χ4v) is 3.47. The molecule has 0 radical (unpaired) electrons. The third-order valence-corrected chi connectivity index (χ3v) is 4.88. The van der Waals surface area contributed by atoms with Crippen molar-refractivity contribution in [2.45, 2.75) is 32.2 Å². The van der Waals surface area contributed by atoms with Crippen LogP contribution >= 0.6 is 22.9 Å². The average Bonchev–Trinajstić information content (AvgIpc) is 3.03. The zero-order chi connectivity index (χ0) is 14.6. The summed E-state index contributed by atoms with van der Waals surface area (Å²) >= 11 is 7.21. The molecule has 0 saturated heterocycles. The van der Waals surface area contributed by atoms with Crippen molar-refractivity contribution in [3.8, 4) is 0 Å². The number of rotatable bonds is 5. The lowest BCUT2D eigenvalue weighted by Crippen LogP contribution is -2.44. The van der Waals surface area contributed by atoms with E-state index in [1.807, 2.05) is 6.07 Å². The minimum absolute atomic E-state index is 0.180. The first kappa shape index (κ1) is 15.1. The monoisotopic (exact) mass is 316 g/mol. The van der Waals surface area contributed by atoms with Gasteiger partial charge in [0.05, 0.1) is 16.3 Å². The fourth-order valence-electron chi connectivity index (χ4n) is 2.44. The number of thiophene rings is 1. The zero-order valence-corrected chi connectivity index (χ0v) is 12.5. The van der Waals surface area contributed by atoms with Gasteiger partial charge in [-0.3, -0.25) is 4.79 Å². The number of halogens is 1. The maximum absolute atomic E-state index is 11.7. The summed E-state index contributed by atoms with van der Waals surface area (Å²) in [5.74, 6) is -0.819. The molecule has 110 valence electrons. The molecule has 1 aliphatic carbocycles. The highest BCUT2D eigenvalue weighted by molar-refractivity contribution is 7.16. The van der Waals surface area contributed by atoms with Crippen molar-refractivity contribution >= 4 is 34.9 Å². The van der Waals surface area contributed by atoms with E-state index in [-0.39, 0.29) is 12.6 Å². The summed E-state index contributed by atoms with van der Waals surface area (Å²) in [6, 6.07) is 3.28. The number of urea groups is 1. The Morgan fingerprint density at radius 2 is 2.00 bits per heavy atom. The number of hydrogen-bond acceptors (Lipinski definition) is 3. The predicted molar refractivity (Wildman–Crippen MR) is 78.1 cm³/mol. The summed E-state index contributed by atoms with van der Waals surface area (Å²) in [7, 11) is 0. The molecule has 1 saturated carbocycles. The summed E-state index contributed by atoms with van der Waals surface area (Å²) < 4.78 is 0.679. The summed E-state index contributed by atoms with van der Waals surface area (Å²) in [5, 5.41) is 14.7. The lowest BCUT2D eigenvalue weighted by molar-refractivity contribution is -0.148. The molecular formula is C13H17ClN2O3S. The van der Waals surface area contributed by atoms with E-state index in [9.17, 15) is 14.7 Å². The van der Waals surface area contributed by atoms with Crippen LogP contribution in [-0.2, 0) is 11.3 Å². The molecule has 2 rings (SSSR count). The SMILES string of the molecule is O=C(NCc1ccc(Cl)s1)NCC1(C(=O)O)CCCC1. The van der Waals surface area contributed by atoms with Crippen LogP contribution in [0.4, 0.5) is 4.79 Å². The van der Waals surface area contributed by atoms with Gasteiger partial charge in [-0.15, -0.1) is 11.3 Å². The zero-order valence-electron chi connectivity index (χ0n) is 10.9. The molecule has 0 aliphatic heterocycles. The van der Waals surface area contributed by atoms with E-state index in [1.54, 1.807) is 6.07 Å². The quantitative estimate of drug-likeness (QED) is 0.781. The second kappa shape index (κ2) is 6.45. The highest BCUT2D eigenvalue weighted by Crippen LogP contribution is 2.37. The minimum atomic E-state index is -0.819. The van der Waals surface area contributed by atoms with Gasteiger partial charge in [0.2, 0.25) is 0 Å². The van der Waals surface area contributed by atoms with Crippen LogP contribution in [0, 0.1) is 5.41 Å². The minimum Gasteiger partial charge on any atom is -0.481 e. The van der Waals surface area contributed by atoms with Gasteiger partial charge in [-0.25, -0.2) is 4.79 Å². The topological polar surface area (TPSA) is 78.4 Å². The molecule has 1 aromatic heterocycles. The van der Waals surface area contributed by atoms with Crippen LogP contribution in [0.15, 0.2) is 12.1 Å². The van der Waals surface area contributed by atoms with Crippen LogP contribution < -0.4 is 10.6 Å². The van der Waals surface area contributed by atoms with E-state index in [4.69, 9.17) is 11.6 Å². The molecule has 1 aromatic rings. The molecule has 20 heavy (non-hydrogen) atoms. The van der Waals surface area contributed by atoms with Crippen molar-refractivity contribution in [2.75, 3.05) is 6.54 Å². The Kier molecular flexibility index (Phi) is 4.88. The van der Waals surface area contributed by atoms with Crippen LogP contribution in [0.25, 0.3) is 0 Å². The first-order chi connectivity index (χ1) is 9.52. The Balaban J connectivity index is 1.78. The standard InChI is InChI=1S/C13H17ClN2O3S/c14-10-4-3-9(20-10)7-15-12(19)16-8-13(11(17)18)5-1-2-6-13/h3-4H,1-2,5-8H2,(H,17,18)(H2,15,16,19). The Bertz CT molecular complexity index is 498. The number of hydrogen-bond donors (Lipinski definition) is 3. The van der Waals surface area contributed by atoms with Crippen LogP contribution in [0.3, 0.4) is 0 Å². The van der Waals surface area contributed by atoms with Gasteiger partial charge in [-0.1, -0.05) is 24.4 Å². The van der Waals surface area contributed by atoms with Crippen LogP contribution in [0.2, 0.25) is 4.34 Å². The summed E-state index contributed by atoms with van der Waals surface area (Å²) in [6.45, 7) is 0.572. The van der Waals surface area contributed by atoms with E-state index in [1.165, 1.54) is 11.3 Å². The van der Waals surface area contributed by atoms with Crippen molar-refractivity contribution in [1.82, 2.24) is 10.6 Å². The first-order valence-corrected chi connectivity index (χ1v) is 7.71. The number of carboxylic acid groups (broad SMARTS) is 1. The normalized spacial score (nSPS) is 16.9. The Morgan fingerprint density at radius 1 is 1.30 bits per heavy atom. The Hall–Kier alpha value is -1.27. The van der Waals surface area contributed by atoms with E-state index in [0.717, 1.165) is 17.7 Å². The predicted octanol–water partition coefficient (Wildman–Crippen LogP) is 2.85. The molecular weight excluding hydrogens is 300 g/mol. The Morgan fingerprint density at radius 3 is 2.55 bits per heavy atom. The molecule has 7 heteroatoms. The number of amides is 2. The van der Waals surface area contributed by atoms with Gasteiger partial charge in [0, 0.05) is 11.4 Å². The maximum Gasteiger partial charge on any atom is 0.315 e. The maximum atomic E-state index is 11.7. The largest absolute Gasteiger partial charge is 0.481 e. The number of aliphatic carboxylic acids is 1. The molecule has 0 unspecified atom stereocenters. The van der Waals surface area contributed by atoms with Crippen molar-refractivity contribution in [3.63, 3.8) is 0 Å². The van der Waals surface area contributed by atoms with Crippen molar-refractivity contribution in [3.05, 3.63) is 21.3 Å². The summed E-state index contributed by atoms with van der Waals surface area (Å²) in [5.41, 5.74) is -0.788. The number of carbonyl (C=O) groups is 2. The molecule has 0 spiro atoms. The van der Waals surface area contributed by atoms with Crippen LogP contribution in [0.5, 0.6) is 0 Å². The van der Waals surface area contributed by atoms with Gasteiger partial charge in [-0.2, -0.15) is 0 Å². The first-order valence-electron chi connectivity index (χ1n) is 6.51. The van der Waals surface area contributed by atoms with E-state index < -0.39 is 11.4 Å². The lowest BCUT2D eigenvalue weighted by atomic mass is 9.86. The fraction of sp³-hybridized carbons (Fsp3) is 0.538. The van der Waals surface area contributed by atoms with E-state index in [0.29, 0.717) is 23.7 Å². The number of carboxylic acids is 1. The van der Waals surface area contributed by atoms with Crippen molar-refractivity contribution in [1.29, 1.82) is 0 Å². The lowest BCUT2D eigenvalue weighted by Gasteiger charge is -2.23. The van der Waals surface area contributed by atoms with E-state index >= 15 is 0 Å². The van der Waals surface area contributed by atoms with Crippen LogP contribution in [-0.4, -0.2) is 23.7 Å². The van der Waals surface area contributed by atoms with Crippen LogP contribution in [0.1, 0.15) is 30.6 Å². The molecule has 3 N–H and O–H groups in total. The van der Waals surface area contributed by atoms with Gasteiger partial charge in [-0.05, 0) is 25.0 Å². The number of carbonyl (C=O) groups excluding carboxylic acids is 1. The van der Waals surface area contributed by atoms with E-state index in [2.05, 4.69) is 10.6 Å². The van der Waals surface area contributed by atoms with Crippen molar-refractivity contribution in [2.24, 2.45) is 5.41 Å². The van der Waals surface area contributed by atoms with Gasteiger partial charge >= 0.3 is 12.0 Å². The third kappa shape index (κ3) is 3.64. The third-order valence-electron chi connectivity index (χ3n) is 3.65. The highest BCUT2D eigenvalue weighted by Gasteiger charge is 2.41. The molecule has 0 atom stereocenters. The van der Waals surface area contributed by atoms with Crippen molar-refractivity contribution < 1.29 is 14.7 Å². The Labute approximate surface area is 126 Å². The molecule has 0 bridgehead atoms. The smallest absolute Gasteiger partial charge is 0.315 e. The number of nitrogens with one attached hydrogen (secondary N) is 2. The summed E-state index contributed by atoms with van der Waals surface area (Å²) in [4.78, 5) is 24.0. The molecule has 2 amide bonds. The molecule has 1 fully saturated rings. The van der Waals surface area contributed by atoms with Gasteiger partial charge in [0.25, 0.3) is 0 Å². The van der Waals surface area contributed by atoms with Gasteiger partial charge in [0.15, 0.2) is 0 Å². The highest BCUT2D eigenvalue weighted by atomic mass is 35.5. The molecule has 1 heterocycles. The molecule has 1 aliphatic rings. The average molecular weight is 317 g/mol. The second-order valence-corrected chi connectivity index (χ2v) is 6.83. The second-order valence-electron chi connectivity index (χ2n) is 5.03. The molecule has 5 nitrogen and oxygen atoms in total. The molecule has 0 aromatic carbocycles. The van der Waals surface area contributed by atoms with Gasteiger partial charge in [0.1, 0.15) is 0 Å². The summed E-state index contributed by atoms with van der Waals surface area (Å²) in [6.07, 6.45) is 3.07. The van der Waals surface area contributed by atoms with Gasteiger partial charge < -0.3 is 15.7 Å².